The number of esters is 3. The molecule has 0 aliphatic heterocycles. The molecule has 380 valence electrons. The Morgan fingerprint density at radius 3 is 0.891 bits per heavy atom. The van der Waals surface area contributed by atoms with E-state index in [4.69, 9.17) is 14.2 Å². The van der Waals surface area contributed by atoms with E-state index in [9.17, 15) is 14.4 Å². The summed E-state index contributed by atoms with van der Waals surface area (Å²) in [5.41, 5.74) is 0. The van der Waals surface area contributed by atoms with Crippen molar-refractivity contribution in [2.45, 2.75) is 330 Å². The first-order valence-corrected chi connectivity index (χ1v) is 28.8. The van der Waals surface area contributed by atoms with E-state index < -0.39 is 6.10 Å². The van der Waals surface area contributed by atoms with E-state index in [0.29, 0.717) is 19.3 Å². The van der Waals surface area contributed by atoms with Gasteiger partial charge in [0.25, 0.3) is 0 Å². The van der Waals surface area contributed by atoms with Crippen LogP contribution in [0, 0.1) is 11.8 Å². The van der Waals surface area contributed by atoms with Crippen molar-refractivity contribution in [1.29, 1.82) is 0 Å². The number of rotatable bonds is 52. The van der Waals surface area contributed by atoms with E-state index in [0.717, 1.165) is 69.6 Å². The molecule has 0 saturated heterocycles. The first-order chi connectivity index (χ1) is 31.3. The third kappa shape index (κ3) is 49.8. The van der Waals surface area contributed by atoms with Crippen molar-refractivity contribution in [1.82, 2.24) is 0 Å². The van der Waals surface area contributed by atoms with Gasteiger partial charge in [-0.1, -0.05) is 285 Å². The molecule has 0 N–H and O–H groups in total. The average molecular weight is 906 g/mol. The first kappa shape index (κ1) is 62.4. The van der Waals surface area contributed by atoms with Crippen LogP contribution in [0.2, 0.25) is 0 Å². The highest BCUT2D eigenvalue weighted by Gasteiger charge is 2.19. The first-order valence-electron chi connectivity index (χ1n) is 28.8. The Balaban J connectivity index is 4.20. The summed E-state index contributed by atoms with van der Waals surface area (Å²) in [5.74, 6) is 0.876. The van der Waals surface area contributed by atoms with Gasteiger partial charge in [-0.15, -0.1) is 0 Å². The molecule has 0 aliphatic carbocycles. The minimum atomic E-state index is -0.762. The molecular weight excluding hydrogens is 793 g/mol. The van der Waals surface area contributed by atoms with Crippen LogP contribution < -0.4 is 0 Å². The number of hydrogen-bond donors (Lipinski definition) is 0. The molecule has 0 aromatic rings. The third-order valence-corrected chi connectivity index (χ3v) is 13.6. The molecule has 0 radical (unpaired) electrons. The SMILES string of the molecule is CCCCCCCCCCCCCCC(=O)O[C@@H](COC(=O)CCCCCCCCCCCCCCCCCCCCC(C)CC)COC(=O)CCCCCCCCCCCC(C)C. The van der Waals surface area contributed by atoms with Crippen LogP contribution in [0.25, 0.3) is 0 Å². The summed E-state index contributed by atoms with van der Waals surface area (Å²) < 4.78 is 16.9. The molecule has 0 spiro atoms. The fourth-order valence-corrected chi connectivity index (χ4v) is 8.84. The Morgan fingerprint density at radius 2 is 0.594 bits per heavy atom. The van der Waals surface area contributed by atoms with Crippen LogP contribution in [-0.2, 0) is 28.6 Å². The Hall–Kier alpha value is -1.59. The van der Waals surface area contributed by atoms with E-state index in [-0.39, 0.29) is 31.1 Å². The second-order valence-corrected chi connectivity index (χ2v) is 20.6. The maximum atomic E-state index is 12.8. The molecule has 1 unspecified atom stereocenters. The van der Waals surface area contributed by atoms with Gasteiger partial charge in [0.1, 0.15) is 13.2 Å². The lowest BCUT2D eigenvalue weighted by Gasteiger charge is -2.18. The Morgan fingerprint density at radius 1 is 0.328 bits per heavy atom. The van der Waals surface area contributed by atoms with Crippen molar-refractivity contribution >= 4 is 17.9 Å². The summed E-state index contributed by atoms with van der Waals surface area (Å²) in [6, 6.07) is 0. The Labute approximate surface area is 399 Å². The van der Waals surface area contributed by atoms with E-state index in [1.807, 2.05) is 0 Å². The molecule has 64 heavy (non-hydrogen) atoms. The lowest BCUT2D eigenvalue weighted by molar-refractivity contribution is -0.167. The predicted molar refractivity (Wildman–Crippen MR) is 275 cm³/mol. The number of hydrogen-bond acceptors (Lipinski definition) is 6. The standard InChI is InChI=1S/C58H112O6/c1-6-8-9-10-11-12-13-23-29-35-40-45-50-58(61)64-55(52-63-57(60)49-44-39-34-30-25-26-31-36-41-46-53(3)4)51-62-56(59)48-43-38-33-28-24-21-19-17-15-14-16-18-20-22-27-32-37-42-47-54(5)7-2/h53-55H,6-52H2,1-5H3/t54?,55-/m0/s1. The topological polar surface area (TPSA) is 78.9 Å². The van der Waals surface area contributed by atoms with Crippen LogP contribution in [0.1, 0.15) is 324 Å². The lowest BCUT2D eigenvalue weighted by atomic mass is 9.99. The van der Waals surface area contributed by atoms with E-state index >= 15 is 0 Å². The molecule has 0 amide bonds. The van der Waals surface area contributed by atoms with Gasteiger partial charge in [-0.25, -0.2) is 0 Å². The minimum Gasteiger partial charge on any atom is -0.462 e. The van der Waals surface area contributed by atoms with Crippen molar-refractivity contribution in [2.75, 3.05) is 13.2 Å². The van der Waals surface area contributed by atoms with Crippen molar-refractivity contribution < 1.29 is 28.6 Å². The van der Waals surface area contributed by atoms with Crippen LogP contribution in [0.4, 0.5) is 0 Å². The van der Waals surface area contributed by atoms with E-state index in [1.165, 1.54) is 212 Å². The third-order valence-electron chi connectivity index (χ3n) is 13.6. The largest absolute Gasteiger partial charge is 0.462 e. The molecular formula is C58H112O6. The number of carbonyl (C=O) groups excluding carboxylic acids is 3. The average Bonchev–Trinajstić information content (AvgIpc) is 3.28. The molecule has 6 heteroatoms. The zero-order chi connectivity index (χ0) is 46.8. The zero-order valence-corrected chi connectivity index (χ0v) is 43.9. The highest BCUT2D eigenvalue weighted by atomic mass is 16.6. The molecule has 0 aromatic heterocycles. The normalized spacial score (nSPS) is 12.5. The Kier molecular flexibility index (Phi) is 49.6. The molecule has 0 aliphatic rings. The molecule has 0 bridgehead atoms. The fourth-order valence-electron chi connectivity index (χ4n) is 8.84. The van der Waals surface area contributed by atoms with Gasteiger partial charge in [0.15, 0.2) is 6.10 Å². The summed E-state index contributed by atoms with van der Waals surface area (Å²) in [4.78, 5) is 38.0. The summed E-state index contributed by atoms with van der Waals surface area (Å²) in [6.45, 7) is 11.4. The van der Waals surface area contributed by atoms with Crippen molar-refractivity contribution in [3.63, 3.8) is 0 Å². The van der Waals surface area contributed by atoms with Crippen molar-refractivity contribution in [3.8, 4) is 0 Å². The van der Waals surface area contributed by atoms with Crippen LogP contribution in [0.15, 0.2) is 0 Å². The number of carbonyl (C=O) groups is 3. The highest BCUT2D eigenvalue weighted by Crippen LogP contribution is 2.18. The second-order valence-electron chi connectivity index (χ2n) is 20.6. The van der Waals surface area contributed by atoms with Crippen LogP contribution >= 0.6 is 0 Å². The molecule has 0 fully saturated rings. The van der Waals surface area contributed by atoms with Gasteiger partial charge < -0.3 is 14.2 Å². The molecule has 0 heterocycles. The monoisotopic (exact) mass is 905 g/mol. The van der Waals surface area contributed by atoms with Gasteiger partial charge in [-0.2, -0.15) is 0 Å². The van der Waals surface area contributed by atoms with Gasteiger partial charge in [-0.05, 0) is 31.1 Å². The van der Waals surface area contributed by atoms with Gasteiger partial charge in [0.05, 0.1) is 0 Å². The van der Waals surface area contributed by atoms with Crippen LogP contribution in [0.3, 0.4) is 0 Å². The zero-order valence-electron chi connectivity index (χ0n) is 43.9. The Bertz CT molecular complexity index is 980. The number of ether oxygens (including phenoxy) is 3. The summed E-state index contributed by atoms with van der Waals surface area (Å²) in [7, 11) is 0. The highest BCUT2D eigenvalue weighted by molar-refractivity contribution is 5.71. The smallest absolute Gasteiger partial charge is 0.306 e. The molecule has 0 rings (SSSR count). The lowest BCUT2D eigenvalue weighted by Crippen LogP contribution is -2.30. The van der Waals surface area contributed by atoms with Crippen LogP contribution in [0.5, 0.6) is 0 Å². The van der Waals surface area contributed by atoms with Crippen molar-refractivity contribution in [3.05, 3.63) is 0 Å². The maximum Gasteiger partial charge on any atom is 0.306 e. The maximum absolute atomic E-state index is 12.8. The van der Waals surface area contributed by atoms with Crippen LogP contribution in [-0.4, -0.2) is 37.2 Å². The molecule has 6 nitrogen and oxygen atoms in total. The predicted octanol–water partition coefficient (Wildman–Crippen LogP) is 18.9. The van der Waals surface area contributed by atoms with Gasteiger partial charge in [0.2, 0.25) is 0 Å². The fraction of sp³-hybridized carbons (Fsp3) is 0.948. The molecule has 0 aromatic carbocycles. The summed E-state index contributed by atoms with van der Waals surface area (Å²) in [5, 5.41) is 0. The molecule has 2 atom stereocenters. The van der Waals surface area contributed by atoms with E-state index in [1.54, 1.807) is 0 Å². The van der Waals surface area contributed by atoms with Gasteiger partial charge in [-0.3, -0.25) is 14.4 Å². The number of unbranched alkanes of at least 4 members (excludes halogenated alkanes) is 36. The minimum absolute atomic E-state index is 0.0630. The summed E-state index contributed by atoms with van der Waals surface area (Å²) >= 11 is 0. The van der Waals surface area contributed by atoms with Gasteiger partial charge >= 0.3 is 17.9 Å². The van der Waals surface area contributed by atoms with E-state index in [2.05, 4.69) is 34.6 Å². The summed E-state index contributed by atoms with van der Waals surface area (Å²) in [6.07, 6.45) is 53.8. The second kappa shape index (κ2) is 50.8. The molecule has 0 saturated carbocycles. The van der Waals surface area contributed by atoms with Gasteiger partial charge in [0, 0.05) is 19.3 Å². The quantitative estimate of drug-likeness (QED) is 0.0344. The van der Waals surface area contributed by atoms with Crippen molar-refractivity contribution in [2.24, 2.45) is 11.8 Å².